The van der Waals surface area contributed by atoms with Crippen LogP contribution in [0.5, 0.6) is 0 Å². The molecule has 82 valence electrons. The van der Waals surface area contributed by atoms with Crippen LogP contribution in [0.2, 0.25) is 0 Å². The molecule has 1 nitrogen and oxygen atoms in total. The molecule has 1 heteroatoms. The Labute approximate surface area is 99.8 Å². The minimum Gasteiger partial charge on any atom is -0.355 e. The van der Waals surface area contributed by atoms with Gasteiger partial charge in [-0.25, -0.2) is 0 Å². The van der Waals surface area contributed by atoms with Gasteiger partial charge in [-0.1, -0.05) is 30.4 Å². The molecule has 0 atom stereocenters. The fraction of sp³-hybridized carbons (Fsp3) is 0.125. The van der Waals surface area contributed by atoms with E-state index in [0.717, 1.165) is 6.42 Å². The lowest BCUT2D eigenvalue weighted by molar-refractivity contribution is 0.988. The van der Waals surface area contributed by atoms with Crippen LogP contribution in [0.4, 0.5) is 0 Å². The largest absolute Gasteiger partial charge is 0.355 e. The van der Waals surface area contributed by atoms with Crippen LogP contribution in [0.25, 0.3) is 27.9 Å². The number of hydrogen-bond donors (Lipinski definition) is 1. The Bertz CT molecular complexity index is 747. The van der Waals surface area contributed by atoms with E-state index >= 15 is 0 Å². The number of nitrogens with one attached hydrogen (secondary N) is 1. The van der Waals surface area contributed by atoms with Gasteiger partial charge in [0.1, 0.15) is 0 Å². The van der Waals surface area contributed by atoms with Gasteiger partial charge in [-0.2, -0.15) is 0 Å². The van der Waals surface area contributed by atoms with Crippen LogP contribution in [0.1, 0.15) is 17.5 Å². The van der Waals surface area contributed by atoms with Crippen LogP contribution in [0.15, 0.2) is 42.5 Å². The molecule has 2 aromatic carbocycles. The molecule has 0 bridgehead atoms. The molecule has 0 saturated heterocycles. The van der Waals surface area contributed by atoms with Crippen LogP contribution < -0.4 is 0 Å². The molecule has 1 aliphatic carbocycles. The number of hydrogen-bond acceptors (Lipinski definition) is 0. The summed E-state index contributed by atoms with van der Waals surface area (Å²) in [5.74, 6) is 0. The molecule has 0 unspecified atom stereocenters. The van der Waals surface area contributed by atoms with Crippen molar-refractivity contribution in [1.29, 1.82) is 0 Å². The monoisotopic (exact) mass is 219 g/mol. The number of fused-ring (bicyclic) bond motifs is 4. The molecule has 4 rings (SSSR count). The average Bonchev–Trinajstić information content (AvgIpc) is 2.73. The van der Waals surface area contributed by atoms with Gasteiger partial charge in [-0.05, 0) is 42.2 Å². The van der Waals surface area contributed by atoms with Gasteiger partial charge in [0.05, 0.1) is 0 Å². The van der Waals surface area contributed by atoms with Gasteiger partial charge >= 0.3 is 0 Å². The Morgan fingerprint density at radius 2 is 1.88 bits per heavy atom. The Hall–Kier alpha value is -2.02. The highest BCUT2D eigenvalue weighted by atomic mass is 14.7. The fourth-order valence-electron chi connectivity index (χ4n) is 2.78. The lowest BCUT2D eigenvalue weighted by atomic mass is 9.95. The van der Waals surface area contributed by atoms with Crippen molar-refractivity contribution in [2.75, 3.05) is 0 Å². The average molecular weight is 219 g/mol. The smallest absolute Gasteiger partial charge is 0.0468 e. The molecule has 0 amide bonds. The van der Waals surface area contributed by atoms with Crippen LogP contribution in [0, 0.1) is 0 Å². The summed E-state index contributed by atoms with van der Waals surface area (Å²) < 4.78 is 0. The Kier molecular flexibility index (Phi) is 1.72. The van der Waals surface area contributed by atoms with Gasteiger partial charge in [0.25, 0.3) is 0 Å². The van der Waals surface area contributed by atoms with Gasteiger partial charge in [0.2, 0.25) is 0 Å². The number of aryl methyl sites for hydroxylation is 1. The number of aromatic nitrogens is 1. The zero-order valence-electron chi connectivity index (χ0n) is 9.53. The first-order valence-corrected chi connectivity index (χ1v) is 6.12. The third kappa shape index (κ3) is 1.26. The Morgan fingerprint density at radius 3 is 2.88 bits per heavy atom. The van der Waals surface area contributed by atoms with Gasteiger partial charge in [-0.15, -0.1) is 0 Å². The van der Waals surface area contributed by atoms with Crippen molar-refractivity contribution >= 4 is 27.9 Å². The number of aromatic amines is 1. The van der Waals surface area contributed by atoms with Gasteiger partial charge < -0.3 is 4.98 Å². The van der Waals surface area contributed by atoms with E-state index in [9.17, 15) is 0 Å². The Morgan fingerprint density at radius 1 is 0.941 bits per heavy atom. The molecule has 1 aliphatic rings. The molecule has 0 fully saturated rings. The summed E-state index contributed by atoms with van der Waals surface area (Å²) in [6, 6.07) is 13.1. The van der Waals surface area contributed by atoms with Crippen LogP contribution >= 0.6 is 0 Å². The zero-order valence-corrected chi connectivity index (χ0v) is 9.53. The molecule has 3 aromatic rings. The van der Waals surface area contributed by atoms with Crippen molar-refractivity contribution in [3.63, 3.8) is 0 Å². The second-order valence-electron chi connectivity index (χ2n) is 4.71. The molecule has 1 N–H and O–H groups in total. The van der Waals surface area contributed by atoms with Crippen molar-refractivity contribution < 1.29 is 0 Å². The van der Waals surface area contributed by atoms with Crippen molar-refractivity contribution in [2.45, 2.75) is 12.8 Å². The summed E-state index contributed by atoms with van der Waals surface area (Å²) in [6.07, 6.45) is 6.85. The normalized spacial score (nSPS) is 14.4. The Balaban J connectivity index is 2.16. The predicted molar refractivity (Wildman–Crippen MR) is 73.2 cm³/mol. The maximum absolute atomic E-state index is 3.50. The lowest BCUT2D eigenvalue weighted by Gasteiger charge is -2.10. The number of benzene rings is 2. The van der Waals surface area contributed by atoms with E-state index in [1.165, 1.54) is 39.4 Å². The summed E-state index contributed by atoms with van der Waals surface area (Å²) in [4.78, 5) is 3.50. The van der Waals surface area contributed by atoms with Gasteiger partial charge in [-0.3, -0.25) is 0 Å². The van der Waals surface area contributed by atoms with E-state index in [-0.39, 0.29) is 0 Å². The first kappa shape index (κ1) is 9.06. The molecule has 17 heavy (non-hydrogen) atoms. The maximum Gasteiger partial charge on any atom is 0.0468 e. The van der Waals surface area contributed by atoms with Crippen LogP contribution in [-0.2, 0) is 6.42 Å². The number of rotatable bonds is 0. The van der Waals surface area contributed by atoms with E-state index in [2.05, 4.69) is 53.5 Å². The fourth-order valence-corrected chi connectivity index (χ4v) is 2.78. The highest BCUT2D eigenvalue weighted by Gasteiger charge is 2.09. The molecule has 0 saturated carbocycles. The molecular formula is C16H13N. The molecule has 0 aliphatic heterocycles. The number of H-pyrrole nitrogens is 1. The topological polar surface area (TPSA) is 15.8 Å². The van der Waals surface area contributed by atoms with Crippen molar-refractivity contribution in [3.05, 3.63) is 53.6 Å². The first-order chi connectivity index (χ1) is 8.42. The maximum atomic E-state index is 3.50. The predicted octanol–water partition coefficient (Wildman–Crippen LogP) is 4.28. The number of para-hydroxylation sites is 1. The quantitative estimate of drug-likeness (QED) is 0.581. The highest BCUT2D eigenvalue weighted by Crippen LogP contribution is 2.30. The summed E-state index contributed by atoms with van der Waals surface area (Å²) in [5, 5.41) is 2.66. The zero-order chi connectivity index (χ0) is 11.2. The number of allylic oxidation sites excluding steroid dienone is 1. The van der Waals surface area contributed by atoms with Crippen LogP contribution in [0.3, 0.4) is 0 Å². The van der Waals surface area contributed by atoms with E-state index in [1.54, 1.807) is 0 Å². The second kappa shape index (κ2) is 3.24. The lowest BCUT2D eigenvalue weighted by Crippen LogP contribution is -1.93. The first-order valence-electron chi connectivity index (χ1n) is 6.12. The standard InChI is InChI=1S/C16H13N/c1-2-6-12-10-16-14(9-11(12)5-1)13-7-3-4-8-15(13)17-16/h1,3-5,7-10,17H,2,6H2. The molecular weight excluding hydrogens is 206 g/mol. The molecule has 1 heterocycles. The SMILES string of the molecule is C1=Cc2cc3c(cc2CC1)[nH]c1ccccc13. The summed E-state index contributed by atoms with van der Waals surface area (Å²) in [7, 11) is 0. The van der Waals surface area contributed by atoms with Crippen molar-refractivity contribution in [1.82, 2.24) is 4.98 Å². The third-order valence-corrected chi connectivity index (χ3v) is 3.64. The minimum atomic E-state index is 1.16. The van der Waals surface area contributed by atoms with Gasteiger partial charge in [0.15, 0.2) is 0 Å². The summed E-state index contributed by atoms with van der Waals surface area (Å²) in [6.45, 7) is 0. The van der Waals surface area contributed by atoms with E-state index < -0.39 is 0 Å². The third-order valence-electron chi connectivity index (χ3n) is 3.64. The van der Waals surface area contributed by atoms with E-state index in [1.807, 2.05) is 0 Å². The van der Waals surface area contributed by atoms with Gasteiger partial charge in [0, 0.05) is 21.8 Å². The molecule has 1 aromatic heterocycles. The summed E-state index contributed by atoms with van der Waals surface area (Å²) in [5.41, 5.74) is 5.34. The van der Waals surface area contributed by atoms with Crippen LogP contribution in [-0.4, -0.2) is 4.98 Å². The molecule has 0 spiro atoms. The molecule has 0 radical (unpaired) electrons. The minimum absolute atomic E-state index is 1.16. The highest BCUT2D eigenvalue weighted by molar-refractivity contribution is 6.08. The van der Waals surface area contributed by atoms with E-state index in [0.29, 0.717) is 0 Å². The summed E-state index contributed by atoms with van der Waals surface area (Å²) >= 11 is 0. The second-order valence-corrected chi connectivity index (χ2v) is 4.71. The van der Waals surface area contributed by atoms with Crippen molar-refractivity contribution in [3.8, 4) is 0 Å². The van der Waals surface area contributed by atoms with Crippen molar-refractivity contribution in [2.24, 2.45) is 0 Å². The van der Waals surface area contributed by atoms with E-state index in [4.69, 9.17) is 0 Å².